The fourth-order valence-electron chi connectivity index (χ4n) is 1.86. The van der Waals surface area contributed by atoms with Crippen LogP contribution in [0, 0.1) is 12.7 Å². The van der Waals surface area contributed by atoms with Gasteiger partial charge in [0.1, 0.15) is 11.6 Å². The molecule has 0 saturated heterocycles. The summed E-state index contributed by atoms with van der Waals surface area (Å²) in [7, 11) is 0. The lowest BCUT2D eigenvalue weighted by molar-refractivity contribution is 0.489. The van der Waals surface area contributed by atoms with E-state index in [9.17, 15) is 4.39 Å². The molecule has 3 heteroatoms. The first kappa shape index (κ1) is 11.9. The van der Waals surface area contributed by atoms with Gasteiger partial charge in [-0.2, -0.15) is 0 Å². The largest absolute Gasteiger partial charge is 0.467 e. The summed E-state index contributed by atoms with van der Waals surface area (Å²) in [4.78, 5) is 0. The molecule has 0 aliphatic rings. The second kappa shape index (κ2) is 5.15. The van der Waals surface area contributed by atoms with Crippen LogP contribution in [0.2, 0.25) is 0 Å². The summed E-state index contributed by atoms with van der Waals surface area (Å²) in [6, 6.07) is 7.00. The second-order valence-electron chi connectivity index (χ2n) is 3.95. The fourth-order valence-corrected chi connectivity index (χ4v) is 1.86. The van der Waals surface area contributed by atoms with Crippen molar-refractivity contribution in [2.75, 3.05) is 6.54 Å². The van der Waals surface area contributed by atoms with Gasteiger partial charge < -0.3 is 9.73 Å². The van der Waals surface area contributed by atoms with Crippen LogP contribution in [0.15, 0.2) is 34.9 Å². The molecule has 0 saturated carbocycles. The van der Waals surface area contributed by atoms with Crippen LogP contribution in [0.4, 0.5) is 4.39 Å². The molecule has 0 spiro atoms. The highest BCUT2D eigenvalue weighted by Crippen LogP contribution is 2.29. The Bertz CT molecular complexity index is 505. The lowest BCUT2D eigenvalue weighted by Gasteiger charge is -2.07. The van der Waals surface area contributed by atoms with Crippen molar-refractivity contribution in [3.05, 3.63) is 47.7 Å². The Morgan fingerprint density at radius 3 is 2.82 bits per heavy atom. The van der Waals surface area contributed by atoms with E-state index in [1.165, 1.54) is 6.07 Å². The number of benzene rings is 1. The Balaban J connectivity index is 2.39. The molecule has 1 aromatic heterocycles. The van der Waals surface area contributed by atoms with Gasteiger partial charge in [-0.1, -0.05) is 19.1 Å². The van der Waals surface area contributed by atoms with Crippen LogP contribution in [0.1, 0.15) is 18.2 Å². The molecule has 0 fully saturated rings. The molecular weight excluding hydrogens is 217 g/mol. The van der Waals surface area contributed by atoms with Gasteiger partial charge in [0.05, 0.1) is 12.8 Å². The lowest BCUT2D eigenvalue weighted by atomic mass is 10.0. The molecule has 1 aromatic carbocycles. The monoisotopic (exact) mass is 233 g/mol. The zero-order chi connectivity index (χ0) is 12.3. The molecule has 0 unspecified atom stereocenters. The van der Waals surface area contributed by atoms with Crippen molar-refractivity contribution < 1.29 is 8.81 Å². The second-order valence-corrected chi connectivity index (χ2v) is 3.95. The summed E-state index contributed by atoms with van der Waals surface area (Å²) in [6.07, 6.45) is 1.65. The molecule has 0 aliphatic carbocycles. The standard InChI is InChI=1S/C14H16FNO/c1-3-16-9-14-12(7-8-17-14)11-5-4-6-13(15)10(11)2/h4-8,16H,3,9H2,1-2H3. The number of rotatable bonds is 4. The molecule has 17 heavy (non-hydrogen) atoms. The molecule has 0 radical (unpaired) electrons. The van der Waals surface area contributed by atoms with E-state index >= 15 is 0 Å². The minimum atomic E-state index is -0.182. The maximum Gasteiger partial charge on any atom is 0.126 e. The highest BCUT2D eigenvalue weighted by atomic mass is 19.1. The van der Waals surface area contributed by atoms with Gasteiger partial charge in [-0.25, -0.2) is 4.39 Å². The summed E-state index contributed by atoms with van der Waals surface area (Å²) >= 11 is 0. The average molecular weight is 233 g/mol. The fraction of sp³-hybridized carbons (Fsp3) is 0.286. The van der Waals surface area contributed by atoms with Gasteiger partial charge in [0, 0.05) is 5.56 Å². The molecule has 1 heterocycles. The van der Waals surface area contributed by atoms with Crippen LogP contribution in [-0.2, 0) is 6.54 Å². The van der Waals surface area contributed by atoms with E-state index in [0.717, 1.165) is 23.4 Å². The van der Waals surface area contributed by atoms with Crippen molar-refractivity contribution in [2.24, 2.45) is 0 Å². The zero-order valence-electron chi connectivity index (χ0n) is 10.1. The smallest absolute Gasteiger partial charge is 0.126 e. The first-order valence-corrected chi connectivity index (χ1v) is 5.76. The molecule has 0 amide bonds. The van der Waals surface area contributed by atoms with Gasteiger partial charge in [0.2, 0.25) is 0 Å². The third kappa shape index (κ3) is 2.39. The van der Waals surface area contributed by atoms with E-state index in [4.69, 9.17) is 4.42 Å². The summed E-state index contributed by atoms with van der Waals surface area (Å²) in [5.74, 6) is 0.665. The molecule has 1 N–H and O–H groups in total. The predicted molar refractivity (Wildman–Crippen MR) is 66.2 cm³/mol. The van der Waals surface area contributed by atoms with Crippen LogP contribution in [0.25, 0.3) is 11.1 Å². The molecule has 0 atom stereocenters. The minimum Gasteiger partial charge on any atom is -0.467 e. The van der Waals surface area contributed by atoms with E-state index in [-0.39, 0.29) is 5.82 Å². The van der Waals surface area contributed by atoms with Gasteiger partial charge in [0.15, 0.2) is 0 Å². The summed E-state index contributed by atoms with van der Waals surface area (Å²) < 4.78 is 18.9. The number of nitrogens with one attached hydrogen (secondary N) is 1. The normalized spacial score (nSPS) is 10.8. The first-order valence-electron chi connectivity index (χ1n) is 5.76. The van der Waals surface area contributed by atoms with Crippen molar-refractivity contribution in [1.82, 2.24) is 5.32 Å². The van der Waals surface area contributed by atoms with E-state index in [1.54, 1.807) is 19.3 Å². The molecule has 90 valence electrons. The SMILES string of the molecule is CCNCc1occc1-c1cccc(F)c1C. The van der Waals surface area contributed by atoms with Crippen molar-refractivity contribution >= 4 is 0 Å². The Hall–Kier alpha value is -1.61. The van der Waals surface area contributed by atoms with Gasteiger partial charge in [-0.05, 0) is 36.7 Å². The van der Waals surface area contributed by atoms with E-state index in [2.05, 4.69) is 5.32 Å². The molecular formula is C14H16FNO. The number of hydrogen-bond donors (Lipinski definition) is 1. The summed E-state index contributed by atoms with van der Waals surface area (Å²) in [6.45, 7) is 5.36. The maximum atomic E-state index is 13.5. The van der Waals surface area contributed by atoms with Crippen LogP contribution in [0.5, 0.6) is 0 Å². The van der Waals surface area contributed by atoms with Gasteiger partial charge in [0.25, 0.3) is 0 Å². The van der Waals surface area contributed by atoms with Crippen molar-refractivity contribution in [2.45, 2.75) is 20.4 Å². The highest BCUT2D eigenvalue weighted by Gasteiger charge is 2.12. The minimum absolute atomic E-state index is 0.182. The molecule has 0 bridgehead atoms. The van der Waals surface area contributed by atoms with Crippen LogP contribution < -0.4 is 5.32 Å². The van der Waals surface area contributed by atoms with Crippen LogP contribution in [-0.4, -0.2) is 6.54 Å². The van der Waals surface area contributed by atoms with Gasteiger partial charge >= 0.3 is 0 Å². The van der Waals surface area contributed by atoms with E-state index < -0.39 is 0 Å². The Labute approximate surface area is 100 Å². The molecule has 2 nitrogen and oxygen atoms in total. The third-order valence-corrected chi connectivity index (χ3v) is 2.84. The van der Waals surface area contributed by atoms with Crippen molar-refractivity contribution in [3.8, 4) is 11.1 Å². The lowest BCUT2D eigenvalue weighted by Crippen LogP contribution is -2.11. The summed E-state index contributed by atoms with van der Waals surface area (Å²) in [5.41, 5.74) is 2.52. The van der Waals surface area contributed by atoms with Crippen molar-refractivity contribution in [1.29, 1.82) is 0 Å². The quantitative estimate of drug-likeness (QED) is 0.874. The van der Waals surface area contributed by atoms with E-state index in [1.807, 2.05) is 19.1 Å². The molecule has 2 aromatic rings. The Morgan fingerprint density at radius 2 is 2.06 bits per heavy atom. The Kier molecular flexibility index (Phi) is 3.59. The topological polar surface area (TPSA) is 25.2 Å². The van der Waals surface area contributed by atoms with Crippen LogP contribution >= 0.6 is 0 Å². The highest BCUT2D eigenvalue weighted by molar-refractivity contribution is 5.69. The molecule has 0 aliphatic heterocycles. The molecule has 2 rings (SSSR count). The zero-order valence-corrected chi connectivity index (χ0v) is 10.1. The van der Waals surface area contributed by atoms with Crippen molar-refractivity contribution in [3.63, 3.8) is 0 Å². The summed E-state index contributed by atoms with van der Waals surface area (Å²) in [5, 5.41) is 3.21. The van der Waals surface area contributed by atoms with Crippen LogP contribution in [0.3, 0.4) is 0 Å². The Morgan fingerprint density at radius 1 is 1.24 bits per heavy atom. The van der Waals surface area contributed by atoms with Gasteiger partial charge in [-0.15, -0.1) is 0 Å². The predicted octanol–water partition coefficient (Wildman–Crippen LogP) is 3.50. The maximum absolute atomic E-state index is 13.5. The average Bonchev–Trinajstić information content (AvgIpc) is 2.78. The van der Waals surface area contributed by atoms with E-state index in [0.29, 0.717) is 12.1 Å². The third-order valence-electron chi connectivity index (χ3n) is 2.84. The first-order chi connectivity index (χ1) is 8.24. The number of hydrogen-bond acceptors (Lipinski definition) is 2. The number of halogens is 1. The number of furan rings is 1. The van der Waals surface area contributed by atoms with Gasteiger partial charge in [-0.3, -0.25) is 0 Å².